The molecule has 1 amide bonds. The molecule has 0 saturated heterocycles. The smallest absolute Gasteiger partial charge is 0.251 e. The van der Waals surface area contributed by atoms with E-state index in [-0.39, 0.29) is 11.9 Å². The number of hydrogen-bond donors (Lipinski definition) is 1. The van der Waals surface area contributed by atoms with E-state index in [4.69, 9.17) is 4.74 Å². The number of nitrogens with one attached hydrogen (secondary N) is 1. The number of hydrogen-bond acceptors (Lipinski definition) is 3. The minimum absolute atomic E-state index is 0.0928. The fourth-order valence-corrected chi connectivity index (χ4v) is 2.73. The van der Waals surface area contributed by atoms with E-state index in [1.165, 1.54) is 11.1 Å². The van der Waals surface area contributed by atoms with Gasteiger partial charge < -0.3 is 14.6 Å². The molecule has 1 heterocycles. The lowest BCUT2D eigenvalue weighted by atomic mass is 10.1. The molecular formula is C22H25N3O2. The highest BCUT2D eigenvalue weighted by Crippen LogP contribution is 2.16. The maximum absolute atomic E-state index is 12.4. The van der Waals surface area contributed by atoms with Gasteiger partial charge in [0.05, 0.1) is 12.4 Å². The molecule has 0 spiro atoms. The number of aromatic nitrogens is 2. The molecule has 0 fully saturated rings. The van der Waals surface area contributed by atoms with Gasteiger partial charge in [0.2, 0.25) is 0 Å². The SMILES string of the molecule is Cc1ccc(OC[C@@H](C)NC(=O)c2ccc(Cn3ccnc3)cc2)cc1C. The second-order valence-corrected chi connectivity index (χ2v) is 6.86. The summed E-state index contributed by atoms with van der Waals surface area (Å²) in [5.74, 6) is 0.725. The third-order valence-corrected chi connectivity index (χ3v) is 4.50. The molecule has 0 aliphatic rings. The molecule has 3 rings (SSSR count). The number of benzene rings is 2. The highest BCUT2D eigenvalue weighted by molar-refractivity contribution is 5.94. The van der Waals surface area contributed by atoms with Gasteiger partial charge in [0.25, 0.3) is 5.91 Å². The van der Waals surface area contributed by atoms with Crippen molar-refractivity contribution in [2.24, 2.45) is 0 Å². The number of rotatable bonds is 7. The third kappa shape index (κ3) is 5.20. The van der Waals surface area contributed by atoms with Crippen LogP contribution in [0, 0.1) is 13.8 Å². The second-order valence-electron chi connectivity index (χ2n) is 6.86. The summed E-state index contributed by atoms with van der Waals surface area (Å²) < 4.78 is 7.78. The van der Waals surface area contributed by atoms with E-state index in [9.17, 15) is 4.79 Å². The first-order valence-corrected chi connectivity index (χ1v) is 9.07. The lowest BCUT2D eigenvalue weighted by Gasteiger charge is -2.16. The lowest BCUT2D eigenvalue weighted by Crippen LogP contribution is -2.36. The van der Waals surface area contributed by atoms with Crippen LogP contribution in [0.25, 0.3) is 0 Å². The van der Waals surface area contributed by atoms with E-state index < -0.39 is 0 Å². The summed E-state index contributed by atoms with van der Waals surface area (Å²) in [5, 5.41) is 2.98. The average Bonchev–Trinajstić information content (AvgIpc) is 3.16. The Labute approximate surface area is 160 Å². The van der Waals surface area contributed by atoms with Gasteiger partial charge in [-0.25, -0.2) is 4.98 Å². The molecule has 140 valence electrons. The second kappa shape index (κ2) is 8.54. The summed E-state index contributed by atoms with van der Waals surface area (Å²) in [4.78, 5) is 16.4. The Morgan fingerprint density at radius 1 is 1.15 bits per heavy atom. The summed E-state index contributed by atoms with van der Waals surface area (Å²) in [5.41, 5.74) is 4.19. The summed E-state index contributed by atoms with van der Waals surface area (Å²) >= 11 is 0. The predicted molar refractivity (Wildman–Crippen MR) is 106 cm³/mol. The van der Waals surface area contributed by atoms with Crippen LogP contribution in [0.15, 0.2) is 61.2 Å². The van der Waals surface area contributed by atoms with Gasteiger partial charge in [0.15, 0.2) is 0 Å². The molecule has 2 aromatic carbocycles. The van der Waals surface area contributed by atoms with E-state index in [0.717, 1.165) is 17.9 Å². The van der Waals surface area contributed by atoms with E-state index in [1.807, 2.05) is 60.2 Å². The van der Waals surface area contributed by atoms with Gasteiger partial charge in [-0.3, -0.25) is 4.79 Å². The van der Waals surface area contributed by atoms with Gasteiger partial charge in [0.1, 0.15) is 12.4 Å². The summed E-state index contributed by atoms with van der Waals surface area (Å²) in [6.07, 6.45) is 5.44. The van der Waals surface area contributed by atoms with Crippen LogP contribution in [-0.4, -0.2) is 28.1 Å². The van der Waals surface area contributed by atoms with Crippen LogP contribution in [0.2, 0.25) is 0 Å². The Morgan fingerprint density at radius 2 is 1.93 bits per heavy atom. The number of imidazole rings is 1. The number of nitrogens with zero attached hydrogens (tertiary/aromatic N) is 2. The maximum atomic E-state index is 12.4. The van der Waals surface area contributed by atoms with Crippen molar-refractivity contribution in [2.75, 3.05) is 6.61 Å². The molecule has 0 bridgehead atoms. The van der Waals surface area contributed by atoms with Crippen LogP contribution >= 0.6 is 0 Å². The summed E-state index contributed by atoms with van der Waals surface area (Å²) in [6.45, 7) is 7.23. The zero-order chi connectivity index (χ0) is 19.2. The fourth-order valence-electron chi connectivity index (χ4n) is 2.73. The molecule has 1 atom stereocenters. The van der Waals surface area contributed by atoms with Crippen LogP contribution in [-0.2, 0) is 6.54 Å². The third-order valence-electron chi connectivity index (χ3n) is 4.50. The molecule has 5 nitrogen and oxygen atoms in total. The van der Waals surface area contributed by atoms with Crippen molar-refractivity contribution < 1.29 is 9.53 Å². The van der Waals surface area contributed by atoms with Gasteiger partial charge in [-0.1, -0.05) is 18.2 Å². The first-order valence-electron chi connectivity index (χ1n) is 9.07. The van der Waals surface area contributed by atoms with Crippen molar-refractivity contribution in [1.82, 2.24) is 14.9 Å². The monoisotopic (exact) mass is 363 g/mol. The van der Waals surface area contributed by atoms with Crippen molar-refractivity contribution >= 4 is 5.91 Å². The molecule has 0 saturated carbocycles. The van der Waals surface area contributed by atoms with Gasteiger partial charge in [-0.15, -0.1) is 0 Å². The fraction of sp³-hybridized carbons (Fsp3) is 0.273. The standard InChI is InChI=1S/C22H25N3O2/c1-16-4-9-21(12-17(16)2)27-14-18(3)24-22(26)20-7-5-19(6-8-20)13-25-11-10-23-15-25/h4-12,15,18H,13-14H2,1-3H3,(H,24,26)/t18-/m1/s1. The first-order chi connectivity index (χ1) is 13.0. The molecular weight excluding hydrogens is 338 g/mol. The van der Waals surface area contributed by atoms with Crippen LogP contribution in [0.5, 0.6) is 5.75 Å². The van der Waals surface area contributed by atoms with Crippen molar-refractivity contribution in [3.05, 3.63) is 83.4 Å². The molecule has 0 aliphatic carbocycles. The largest absolute Gasteiger partial charge is 0.491 e. The van der Waals surface area contributed by atoms with Gasteiger partial charge >= 0.3 is 0 Å². The van der Waals surface area contributed by atoms with E-state index in [2.05, 4.69) is 24.1 Å². The van der Waals surface area contributed by atoms with Gasteiger partial charge in [-0.05, 0) is 61.7 Å². The summed E-state index contributed by atoms with van der Waals surface area (Å²) in [7, 11) is 0. The first kappa shape index (κ1) is 18.7. The Morgan fingerprint density at radius 3 is 2.59 bits per heavy atom. The Bertz CT molecular complexity index is 886. The van der Waals surface area contributed by atoms with Crippen molar-refractivity contribution in [3.63, 3.8) is 0 Å². The lowest BCUT2D eigenvalue weighted by molar-refractivity contribution is 0.0926. The van der Waals surface area contributed by atoms with Crippen molar-refractivity contribution in [1.29, 1.82) is 0 Å². The number of ether oxygens (including phenoxy) is 1. The maximum Gasteiger partial charge on any atom is 0.251 e. The zero-order valence-corrected chi connectivity index (χ0v) is 16.0. The number of carbonyl (C=O) groups is 1. The molecule has 3 aromatic rings. The van der Waals surface area contributed by atoms with Crippen LogP contribution in [0.1, 0.15) is 34.0 Å². The average molecular weight is 363 g/mol. The van der Waals surface area contributed by atoms with Crippen molar-refractivity contribution in [2.45, 2.75) is 33.4 Å². The predicted octanol–water partition coefficient (Wildman–Crippen LogP) is 3.75. The zero-order valence-electron chi connectivity index (χ0n) is 16.0. The van der Waals surface area contributed by atoms with Crippen molar-refractivity contribution in [3.8, 4) is 5.75 Å². The minimum Gasteiger partial charge on any atom is -0.491 e. The molecule has 1 aromatic heterocycles. The highest BCUT2D eigenvalue weighted by Gasteiger charge is 2.11. The molecule has 0 unspecified atom stereocenters. The van der Waals surface area contributed by atoms with E-state index in [1.54, 1.807) is 12.5 Å². The Hall–Kier alpha value is -3.08. The normalized spacial score (nSPS) is 11.8. The molecule has 0 radical (unpaired) electrons. The Kier molecular flexibility index (Phi) is 5.91. The highest BCUT2D eigenvalue weighted by atomic mass is 16.5. The van der Waals surface area contributed by atoms with Crippen LogP contribution in [0.3, 0.4) is 0 Å². The van der Waals surface area contributed by atoms with Crippen LogP contribution < -0.4 is 10.1 Å². The number of aryl methyl sites for hydroxylation is 2. The summed E-state index contributed by atoms with van der Waals surface area (Å²) in [6, 6.07) is 13.5. The minimum atomic E-state index is -0.0969. The van der Waals surface area contributed by atoms with Crippen LogP contribution in [0.4, 0.5) is 0 Å². The topological polar surface area (TPSA) is 56.1 Å². The van der Waals surface area contributed by atoms with Gasteiger partial charge in [-0.2, -0.15) is 0 Å². The molecule has 1 N–H and O–H groups in total. The molecule has 5 heteroatoms. The van der Waals surface area contributed by atoms with Gasteiger partial charge in [0, 0.05) is 24.5 Å². The quantitative estimate of drug-likeness (QED) is 0.696. The number of amides is 1. The van der Waals surface area contributed by atoms with E-state index >= 15 is 0 Å². The van der Waals surface area contributed by atoms with E-state index in [0.29, 0.717) is 12.2 Å². The Balaban J connectivity index is 1.50. The molecule has 27 heavy (non-hydrogen) atoms. The number of carbonyl (C=O) groups excluding carboxylic acids is 1. The molecule has 0 aliphatic heterocycles.